The molecule has 0 atom stereocenters. The van der Waals surface area contributed by atoms with Crippen molar-refractivity contribution in [2.75, 3.05) is 11.1 Å². The summed E-state index contributed by atoms with van der Waals surface area (Å²) in [5, 5.41) is 3.22. The number of hydrogen-bond donors (Lipinski definition) is 2. The largest absolute Gasteiger partial charge is 0.396 e. The lowest BCUT2D eigenvalue weighted by Crippen LogP contribution is -1.98. The highest BCUT2D eigenvalue weighted by molar-refractivity contribution is 9.10. The van der Waals surface area contributed by atoms with E-state index in [0.717, 1.165) is 10.2 Å². The highest BCUT2D eigenvalue weighted by Gasteiger charge is 2.03. The fraction of sp³-hybridized carbons (Fsp3) is 0. The van der Waals surface area contributed by atoms with Gasteiger partial charge in [-0.2, -0.15) is 0 Å². The van der Waals surface area contributed by atoms with Crippen molar-refractivity contribution in [1.82, 2.24) is 4.98 Å². The topological polar surface area (TPSA) is 50.9 Å². The second-order valence-electron chi connectivity index (χ2n) is 4.66. The summed E-state index contributed by atoms with van der Waals surface area (Å²) < 4.78 is 0.866. The first-order valence-corrected chi connectivity index (χ1v) is 7.35. The Morgan fingerprint density at radius 2 is 1.57 bits per heavy atom. The molecule has 0 spiro atoms. The summed E-state index contributed by atoms with van der Waals surface area (Å²) in [5.74, 6) is 0.658. The van der Waals surface area contributed by atoms with Gasteiger partial charge in [-0.05, 0) is 45.3 Å². The average molecular weight is 340 g/mol. The van der Waals surface area contributed by atoms with Crippen LogP contribution in [0.15, 0.2) is 71.3 Å². The maximum Gasteiger partial charge on any atom is 0.153 e. The van der Waals surface area contributed by atoms with Crippen LogP contribution in [-0.4, -0.2) is 4.98 Å². The third-order valence-corrected chi connectivity index (χ3v) is 3.57. The van der Waals surface area contributed by atoms with Gasteiger partial charge in [0.25, 0.3) is 0 Å². The van der Waals surface area contributed by atoms with Gasteiger partial charge in [0.2, 0.25) is 0 Å². The zero-order valence-electron chi connectivity index (χ0n) is 11.3. The van der Waals surface area contributed by atoms with Crippen LogP contribution in [0, 0.1) is 0 Å². The van der Waals surface area contributed by atoms with Crippen molar-refractivity contribution in [3.8, 4) is 11.1 Å². The van der Waals surface area contributed by atoms with Crippen molar-refractivity contribution >= 4 is 33.1 Å². The van der Waals surface area contributed by atoms with Crippen LogP contribution in [0.4, 0.5) is 17.2 Å². The molecule has 3 aromatic rings. The normalized spacial score (nSPS) is 10.3. The summed E-state index contributed by atoms with van der Waals surface area (Å²) in [7, 11) is 0. The highest BCUT2D eigenvalue weighted by Crippen LogP contribution is 2.26. The van der Waals surface area contributed by atoms with E-state index in [0.29, 0.717) is 11.5 Å². The van der Waals surface area contributed by atoms with Gasteiger partial charge in [0.1, 0.15) is 0 Å². The smallest absolute Gasteiger partial charge is 0.153 e. The second kappa shape index (κ2) is 5.97. The number of anilines is 3. The molecule has 104 valence electrons. The molecule has 3 rings (SSSR count). The van der Waals surface area contributed by atoms with E-state index >= 15 is 0 Å². The van der Waals surface area contributed by atoms with E-state index in [1.165, 1.54) is 11.1 Å². The molecule has 0 aliphatic carbocycles. The number of pyridine rings is 1. The number of nitrogen functional groups attached to an aromatic ring is 1. The minimum absolute atomic E-state index is 0.608. The van der Waals surface area contributed by atoms with Gasteiger partial charge in [-0.1, -0.05) is 42.5 Å². The molecule has 4 heteroatoms. The Morgan fingerprint density at radius 1 is 0.905 bits per heavy atom. The van der Waals surface area contributed by atoms with Gasteiger partial charge in [-0.15, -0.1) is 0 Å². The molecule has 0 unspecified atom stereocenters. The molecular formula is C17H14BrN3. The van der Waals surface area contributed by atoms with E-state index in [9.17, 15) is 0 Å². The van der Waals surface area contributed by atoms with Crippen molar-refractivity contribution in [3.05, 3.63) is 71.3 Å². The fourth-order valence-corrected chi connectivity index (χ4v) is 2.42. The third-order valence-electron chi connectivity index (χ3n) is 3.14. The molecule has 0 fully saturated rings. The van der Waals surface area contributed by atoms with Crippen LogP contribution in [0.2, 0.25) is 0 Å². The maximum atomic E-state index is 5.94. The lowest BCUT2D eigenvalue weighted by atomic mass is 10.1. The molecule has 0 aliphatic rings. The molecule has 0 saturated carbocycles. The number of benzene rings is 2. The molecule has 3 N–H and O–H groups in total. The van der Waals surface area contributed by atoms with Gasteiger partial charge < -0.3 is 11.1 Å². The number of nitrogens with two attached hydrogens (primary N) is 1. The van der Waals surface area contributed by atoms with Crippen LogP contribution in [0.25, 0.3) is 11.1 Å². The van der Waals surface area contributed by atoms with E-state index in [1.54, 1.807) is 6.20 Å². The fourth-order valence-electron chi connectivity index (χ4n) is 2.07. The Balaban J connectivity index is 1.81. The predicted octanol–water partition coefficient (Wildman–Crippen LogP) is 4.84. The van der Waals surface area contributed by atoms with E-state index in [2.05, 4.69) is 50.5 Å². The SMILES string of the molecule is Nc1cc(Br)cnc1Nc1ccc(-c2ccccc2)cc1. The molecule has 0 radical (unpaired) electrons. The van der Waals surface area contributed by atoms with Crippen LogP contribution in [-0.2, 0) is 0 Å². The number of rotatable bonds is 3. The summed E-state index contributed by atoms with van der Waals surface area (Å²) in [6.07, 6.45) is 1.72. The molecule has 1 aromatic heterocycles. The minimum Gasteiger partial charge on any atom is -0.396 e. The predicted molar refractivity (Wildman–Crippen MR) is 91.5 cm³/mol. The molecule has 0 amide bonds. The van der Waals surface area contributed by atoms with Crippen LogP contribution >= 0.6 is 15.9 Å². The summed E-state index contributed by atoms with van der Waals surface area (Å²) >= 11 is 3.35. The molecule has 1 heterocycles. The summed E-state index contributed by atoms with van der Waals surface area (Å²) in [6, 6.07) is 20.3. The zero-order valence-corrected chi connectivity index (χ0v) is 12.8. The van der Waals surface area contributed by atoms with Crippen LogP contribution < -0.4 is 11.1 Å². The van der Waals surface area contributed by atoms with E-state index in [-0.39, 0.29) is 0 Å². The summed E-state index contributed by atoms with van der Waals surface area (Å²) in [5.41, 5.74) is 9.88. The lowest BCUT2D eigenvalue weighted by molar-refractivity contribution is 1.30. The molecule has 3 nitrogen and oxygen atoms in total. The maximum absolute atomic E-state index is 5.94. The minimum atomic E-state index is 0.608. The first kappa shape index (κ1) is 13.6. The van der Waals surface area contributed by atoms with E-state index in [1.807, 2.05) is 36.4 Å². The molecule has 21 heavy (non-hydrogen) atoms. The van der Waals surface area contributed by atoms with Gasteiger partial charge in [-0.3, -0.25) is 0 Å². The molecule has 0 bridgehead atoms. The zero-order chi connectivity index (χ0) is 14.7. The molecule has 0 aliphatic heterocycles. The molecular weight excluding hydrogens is 326 g/mol. The van der Waals surface area contributed by atoms with Crippen molar-refractivity contribution in [2.24, 2.45) is 0 Å². The van der Waals surface area contributed by atoms with Gasteiger partial charge in [0.05, 0.1) is 5.69 Å². The standard InChI is InChI=1S/C17H14BrN3/c18-14-10-16(19)17(20-11-14)21-15-8-6-13(7-9-15)12-4-2-1-3-5-12/h1-11H,19H2,(H,20,21). The van der Waals surface area contributed by atoms with Crippen molar-refractivity contribution < 1.29 is 0 Å². The van der Waals surface area contributed by atoms with Gasteiger partial charge in [-0.25, -0.2) is 4.98 Å². The Kier molecular flexibility index (Phi) is 3.88. The number of nitrogens with one attached hydrogen (secondary N) is 1. The Hall–Kier alpha value is -2.33. The first-order valence-electron chi connectivity index (χ1n) is 6.56. The van der Waals surface area contributed by atoms with E-state index < -0.39 is 0 Å². The number of halogens is 1. The van der Waals surface area contributed by atoms with Gasteiger partial charge in [0.15, 0.2) is 5.82 Å². The first-order chi connectivity index (χ1) is 10.2. The second-order valence-corrected chi connectivity index (χ2v) is 5.58. The molecule has 2 aromatic carbocycles. The summed E-state index contributed by atoms with van der Waals surface area (Å²) in [6.45, 7) is 0. The van der Waals surface area contributed by atoms with E-state index in [4.69, 9.17) is 5.73 Å². The highest BCUT2D eigenvalue weighted by atomic mass is 79.9. The van der Waals surface area contributed by atoms with Crippen LogP contribution in [0.5, 0.6) is 0 Å². The summed E-state index contributed by atoms with van der Waals surface area (Å²) in [4.78, 5) is 4.27. The molecule has 0 saturated heterocycles. The Bertz CT molecular complexity index is 740. The third kappa shape index (κ3) is 3.23. The van der Waals surface area contributed by atoms with Crippen LogP contribution in [0.1, 0.15) is 0 Å². The quantitative estimate of drug-likeness (QED) is 0.717. The lowest BCUT2D eigenvalue weighted by Gasteiger charge is -2.09. The number of hydrogen-bond acceptors (Lipinski definition) is 3. The van der Waals surface area contributed by atoms with Crippen molar-refractivity contribution in [2.45, 2.75) is 0 Å². The van der Waals surface area contributed by atoms with Gasteiger partial charge >= 0.3 is 0 Å². The van der Waals surface area contributed by atoms with Crippen molar-refractivity contribution in [3.63, 3.8) is 0 Å². The Labute approximate surface area is 132 Å². The average Bonchev–Trinajstić information content (AvgIpc) is 2.52. The Morgan fingerprint density at radius 3 is 2.24 bits per heavy atom. The number of aromatic nitrogens is 1. The van der Waals surface area contributed by atoms with Crippen LogP contribution in [0.3, 0.4) is 0 Å². The monoisotopic (exact) mass is 339 g/mol. The van der Waals surface area contributed by atoms with Crippen molar-refractivity contribution in [1.29, 1.82) is 0 Å². The van der Waals surface area contributed by atoms with Gasteiger partial charge in [0, 0.05) is 16.4 Å². The number of nitrogens with zero attached hydrogens (tertiary/aromatic N) is 1.